The predicted molar refractivity (Wildman–Crippen MR) is 114 cm³/mol. The predicted octanol–water partition coefficient (Wildman–Crippen LogP) is 3.26. The normalized spacial score (nSPS) is 11.3. The van der Waals surface area contributed by atoms with E-state index in [4.69, 9.17) is 5.73 Å². The average molecular weight is 449 g/mol. The van der Waals surface area contributed by atoms with Crippen molar-refractivity contribution in [2.75, 3.05) is 13.1 Å². The second kappa shape index (κ2) is 10.0. The summed E-state index contributed by atoms with van der Waals surface area (Å²) in [4.78, 5) is 12.0. The van der Waals surface area contributed by atoms with Crippen LogP contribution in [-0.4, -0.2) is 29.0 Å². The molecule has 132 valence electrons. The number of nitrogens with zero attached hydrogens (tertiary/aromatic N) is 2. The van der Waals surface area contributed by atoms with Gasteiger partial charge in [-0.3, -0.25) is 9.98 Å². The van der Waals surface area contributed by atoms with Crippen LogP contribution in [0.5, 0.6) is 0 Å². The van der Waals surface area contributed by atoms with Gasteiger partial charge in [0.1, 0.15) is 0 Å². The largest absolute Gasteiger partial charge is 0.370 e. The van der Waals surface area contributed by atoms with Gasteiger partial charge in [-0.05, 0) is 36.6 Å². The molecule has 0 atom stereocenters. The van der Waals surface area contributed by atoms with Gasteiger partial charge in [-0.25, -0.2) is 0 Å². The van der Waals surface area contributed by atoms with Crippen LogP contribution in [0.15, 0.2) is 59.9 Å². The maximum absolute atomic E-state index is 5.90. The van der Waals surface area contributed by atoms with Crippen molar-refractivity contribution in [1.82, 2.24) is 15.3 Å². The number of pyridine rings is 1. The molecule has 0 bridgehead atoms. The first-order chi connectivity index (χ1) is 11.8. The molecule has 0 amide bonds. The van der Waals surface area contributed by atoms with Gasteiger partial charge in [-0.1, -0.05) is 24.3 Å². The molecule has 0 saturated carbocycles. The van der Waals surface area contributed by atoms with E-state index in [1.54, 1.807) is 6.20 Å². The second-order valence-electron chi connectivity index (χ2n) is 5.73. The molecule has 2 heterocycles. The van der Waals surface area contributed by atoms with Crippen LogP contribution in [0.3, 0.4) is 0 Å². The lowest BCUT2D eigenvalue weighted by Crippen LogP contribution is -2.33. The third-order valence-electron chi connectivity index (χ3n) is 3.97. The van der Waals surface area contributed by atoms with E-state index in [0.29, 0.717) is 5.96 Å². The van der Waals surface area contributed by atoms with Crippen molar-refractivity contribution in [3.63, 3.8) is 0 Å². The van der Waals surface area contributed by atoms with Gasteiger partial charge < -0.3 is 16.0 Å². The van der Waals surface area contributed by atoms with E-state index in [0.717, 1.165) is 38.0 Å². The first kappa shape index (κ1) is 19.2. The lowest BCUT2D eigenvalue weighted by Gasteiger charge is -2.05. The number of rotatable bonds is 7. The van der Waals surface area contributed by atoms with Gasteiger partial charge >= 0.3 is 0 Å². The molecule has 0 saturated heterocycles. The Bertz CT molecular complexity index is 798. The minimum atomic E-state index is 0. The minimum Gasteiger partial charge on any atom is -0.370 e. The van der Waals surface area contributed by atoms with Crippen molar-refractivity contribution in [3.8, 4) is 0 Å². The molecule has 25 heavy (non-hydrogen) atoms. The molecule has 0 aliphatic carbocycles. The highest BCUT2D eigenvalue weighted by atomic mass is 127. The van der Waals surface area contributed by atoms with E-state index in [9.17, 15) is 0 Å². The molecule has 3 aromatic rings. The summed E-state index contributed by atoms with van der Waals surface area (Å²) in [5.74, 6) is 0.504. The van der Waals surface area contributed by atoms with Gasteiger partial charge in [0.05, 0.1) is 0 Å². The Morgan fingerprint density at radius 1 is 1.12 bits per heavy atom. The van der Waals surface area contributed by atoms with Crippen LogP contribution < -0.4 is 11.1 Å². The maximum atomic E-state index is 5.90. The number of aryl methyl sites for hydroxylation is 1. The molecule has 3 rings (SSSR count). The Balaban J connectivity index is 0.00000225. The zero-order valence-corrected chi connectivity index (χ0v) is 16.4. The van der Waals surface area contributed by atoms with Crippen molar-refractivity contribution in [2.45, 2.75) is 19.3 Å². The summed E-state index contributed by atoms with van der Waals surface area (Å²) in [6, 6.07) is 14.3. The van der Waals surface area contributed by atoms with Crippen LogP contribution in [0.2, 0.25) is 0 Å². The molecule has 4 N–H and O–H groups in total. The monoisotopic (exact) mass is 449 g/mol. The number of nitrogens with one attached hydrogen (secondary N) is 2. The van der Waals surface area contributed by atoms with Crippen LogP contribution in [0.25, 0.3) is 10.9 Å². The number of guanidine groups is 1. The lowest BCUT2D eigenvalue weighted by molar-refractivity contribution is 0.802. The van der Waals surface area contributed by atoms with Crippen LogP contribution in [0.1, 0.15) is 17.7 Å². The molecule has 0 radical (unpaired) electrons. The molecule has 0 unspecified atom stereocenters. The molecule has 2 aromatic heterocycles. The van der Waals surface area contributed by atoms with E-state index >= 15 is 0 Å². The van der Waals surface area contributed by atoms with Crippen LogP contribution >= 0.6 is 24.0 Å². The van der Waals surface area contributed by atoms with E-state index in [-0.39, 0.29) is 24.0 Å². The van der Waals surface area contributed by atoms with Crippen molar-refractivity contribution >= 4 is 40.8 Å². The molecule has 6 heteroatoms. The molecule has 1 aromatic carbocycles. The highest BCUT2D eigenvalue weighted by Crippen LogP contribution is 2.18. The lowest BCUT2D eigenvalue weighted by atomic mass is 10.1. The molecule has 0 aliphatic rings. The van der Waals surface area contributed by atoms with Crippen molar-refractivity contribution in [1.29, 1.82) is 0 Å². The number of benzene rings is 1. The summed E-state index contributed by atoms with van der Waals surface area (Å²) in [5, 5.41) is 4.43. The molecular formula is C19H24IN5. The van der Waals surface area contributed by atoms with Gasteiger partial charge in [0.25, 0.3) is 0 Å². The van der Waals surface area contributed by atoms with Gasteiger partial charge in [-0.2, -0.15) is 0 Å². The average Bonchev–Trinajstić information content (AvgIpc) is 3.03. The molecule has 0 fully saturated rings. The van der Waals surface area contributed by atoms with Gasteiger partial charge in [0, 0.05) is 48.5 Å². The van der Waals surface area contributed by atoms with Crippen molar-refractivity contribution in [2.24, 2.45) is 10.7 Å². The Kier molecular flexibility index (Phi) is 7.72. The quantitative estimate of drug-likeness (QED) is 0.224. The first-order valence-corrected chi connectivity index (χ1v) is 8.31. The number of halogens is 1. The fourth-order valence-electron chi connectivity index (χ4n) is 2.73. The van der Waals surface area contributed by atoms with Crippen LogP contribution in [0.4, 0.5) is 0 Å². The van der Waals surface area contributed by atoms with Gasteiger partial charge in [0.2, 0.25) is 0 Å². The Morgan fingerprint density at radius 2 is 1.96 bits per heavy atom. The van der Waals surface area contributed by atoms with Crippen molar-refractivity contribution in [3.05, 3.63) is 66.1 Å². The zero-order chi connectivity index (χ0) is 16.6. The minimum absolute atomic E-state index is 0. The summed E-state index contributed by atoms with van der Waals surface area (Å²) >= 11 is 0. The number of hydrogen-bond donors (Lipinski definition) is 3. The standard InChI is InChI=1S/C19H23N5.HI/c20-19(23-13-10-16-7-3-4-11-21-16)22-12-5-6-15-14-24-18-9-2-1-8-17(15)18;/h1-4,7-9,11,14,24H,5-6,10,12-13H2,(H3,20,22,23);1H. The number of nitrogens with two attached hydrogens (primary N) is 1. The van der Waals surface area contributed by atoms with Gasteiger partial charge in [0.15, 0.2) is 5.96 Å². The van der Waals surface area contributed by atoms with E-state index in [2.05, 4.69) is 44.7 Å². The number of aliphatic imine (C=N–C) groups is 1. The zero-order valence-electron chi connectivity index (χ0n) is 14.1. The number of hydrogen-bond acceptors (Lipinski definition) is 2. The summed E-state index contributed by atoms with van der Waals surface area (Å²) in [7, 11) is 0. The molecule has 0 aliphatic heterocycles. The smallest absolute Gasteiger partial charge is 0.188 e. The number of para-hydroxylation sites is 1. The molecular weight excluding hydrogens is 425 g/mol. The van der Waals surface area contributed by atoms with E-state index in [1.165, 1.54) is 16.5 Å². The Morgan fingerprint density at radius 3 is 2.80 bits per heavy atom. The summed E-state index contributed by atoms with van der Waals surface area (Å²) in [6.45, 7) is 1.47. The number of fused-ring (bicyclic) bond motifs is 1. The van der Waals surface area contributed by atoms with Gasteiger partial charge in [-0.15, -0.1) is 24.0 Å². The highest BCUT2D eigenvalue weighted by molar-refractivity contribution is 14.0. The number of aromatic amines is 1. The molecule has 5 nitrogen and oxygen atoms in total. The Labute approximate surface area is 165 Å². The summed E-state index contributed by atoms with van der Waals surface area (Å²) in [6.07, 6.45) is 6.70. The molecule has 0 spiro atoms. The second-order valence-corrected chi connectivity index (χ2v) is 5.73. The fourth-order valence-corrected chi connectivity index (χ4v) is 2.73. The van der Waals surface area contributed by atoms with E-state index in [1.807, 2.05) is 24.3 Å². The SMILES string of the molecule is I.NC(=NCCCc1c[nH]c2ccccc12)NCCc1ccccn1. The fraction of sp³-hybridized carbons (Fsp3) is 0.263. The van der Waals surface area contributed by atoms with Crippen LogP contribution in [0, 0.1) is 0 Å². The van der Waals surface area contributed by atoms with Crippen LogP contribution in [-0.2, 0) is 12.8 Å². The summed E-state index contributed by atoms with van der Waals surface area (Å²) in [5.41, 5.74) is 9.48. The third-order valence-corrected chi connectivity index (χ3v) is 3.97. The number of H-pyrrole nitrogens is 1. The topological polar surface area (TPSA) is 79.1 Å². The maximum Gasteiger partial charge on any atom is 0.188 e. The summed E-state index contributed by atoms with van der Waals surface area (Å²) < 4.78 is 0. The Hall–Kier alpha value is -2.09. The number of aromatic nitrogens is 2. The third kappa shape index (κ3) is 5.74. The highest BCUT2D eigenvalue weighted by Gasteiger charge is 2.02. The first-order valence-electron chi connectivity index (χ1n) is 8.31. The van der Waals surface area contributed by atoms with E-state index < -0.39 is 0 Å². The van der Waals surface area contributed by atoms with Crippen molar-refractivity contribution < 1.29 is 0 Å².